The molecular formula is C98H68. The minimum absolute atomic E-state index is 0.0314. The lowest BCUT2D eigenvalue weighted by Gasteiger charge is -2.22. The van der Waals surface area contributed by atoms with Gasteiger partial charge in [-0.2, -0.15) is 0 Å². The van der Waals surface area contributed by atoms with Gasteiger partial charge < -0.3 is 0 Å². The van der Waals surface area contributed by atoms with E-state index in [0.717, 1.165) is 0 Å². The summed E-state index contributed by atoms with van der Waals surface area (Å²) < 4.78 is 0. The molecule has 0 heterocycles. The molecule has 0 aliphatic heterocycles. The van der Waals surface area contributed by atoms with Crippen LogP contribution in [0.3, 0.4) is 0 Å². The Hall–Kier alpha value is -12.0. The number of hydrogen-bond donors (Lipinski definition) is 0. The van der Waals surface area contributed by atoms with Gasteiger partial charge in [-0.3, -0.25) is 0 Å². The van der Waals surface area contributed by atoms with Crippen LogP contribution in [-0.2, 0) is 10.8 Å². The molecule has 2 aliphatic rings. The van der Waals surface area contributed by atoms with Crippen molar-refractivity contribution < 1.29 is 0 Å². The van der Waals surface area contributed by atoms with Crippen LogP contribution in [0.15, 0.2) is 340 Å². The molecule has 0 radical (unpaired) electrons. The van der Waals surface area contributed by atoms with Crippen LogP contribution in [0.25, 0.3) is 175 Å². The van der Waals surface area contributed by atoms with Crippen molar-refractivity contribution in [1.29, 1.82) is 0 Å². The Morgan fingerprint density at radius 1 is 0.153 bits per heavy atom. The maximum absolute atomic E-state index is 2.42. The van der Waals surface area contributed by atoms with E-state index in [4.69, 9.17) is 0 Å². The first-order valence-corrected chi connectivity index (χ1v) is 34.5. The molecule has 0 atom stereocenters. The first-order chi connectivity index (χ1) is 48.0. The quantitative estimate of drug-likeness (QED) is 0.146. The zero-order chi connectivity index (χ0) is 65.4. The largest absolute Gasteiger partial charge is 0.0616 e. The van der Waals surface area contributed by atoms with E-state index in [-0.39, 0.29) is 10.8 Å². The molecule has 0 fully saturated rings. The summed E-state index contributed by atoms with van der Waals surface area (Å²) in [6, 6.07) is 127. The maximum atomic E-state index is 2.42. The third-order valence-corrected chi connectivity index (χ3v) is 22.0. The molecule has 20 rings (SSSR count). The predicted molar refractivity (Wildman–Crippen MR) is 421 cm³/mol. The minimum Gasteiger partial charge on any atom is -0.0616 e. The maximum Gasteiger partial charge on any atom is 0.0159 e. The van der Waals surface area contributed by atoms with E-state index < -0.39 is 0 Å². The second-order valence-corrected chi connectivity index (χ2v) is 28.4. The van der Waals surface area contributed by atoms with Gasteiger partial charge in [-0.25, -0.2) is 0 Å². The molecule has 0 saturated carbocycles. The summed E-state index contributed by atoms with van der Waals surface area (Å²) in [5.74, 6) is 0. The smallest absolute Gasteiger partial charge is 0.0159 e. The van der Waals surface area contributed by atoms with Gasteiger partial charge in [-0.1, -0.05) is 282 Å². The van der Waals surface area contributed by atoms with E-state index >= 15 is 0 Å². The molecule has 0 unspecified atom stereocenters. The summed E-state index contributed by atoms with van der Waals surface area (Å²) in [5, 5.41) is 20.6. The summed E-state index contributed by atoms with van der Waals surface area (Å²) in [6.07, 6.45) is 0. The van der Waals surface area contributed by atoms with Gasteiger partial charge in [0, 0.05) is 10.8 Å². The molecule has 0 spiro atoms. The summed E-state index contributed by atoms with van der Waals surface area (Å²) in [5.41, 5.74) is 26.0. The topological polar surface area (TPSA) is 0 Å². The molecule has 0 N–H and O–H groups in total. The highest BCUT2D eigenvalue weighted by molar-refractivity contribution is 6.23. The van der Waals surface area contributed by atoms with Gasteiger partial charge >= 0.3 is 0 Å². The van der Waals surface area contributed by atoms with Gasteiger partial charge in [0.05, 0.1) is 0 Å². The van der Waals surface area contributed by atoms with Crippen LogP contribution in [0.5, 0.6) is 0 Å². The highest BCUT2D eigenvalue weighted by Gasteiger charge is 2.37. The van der Waals surface area contributed by atoms with Crippen LogP contribution < -0.4 is 0 Å². The highest BCUT2D eigenvalue weighted by Crippen LogP contribution is 2.53. The van der Waals surface area contributed by atoms with Gasteiger partial charge in [-0.15, -0.1) is 0 Å². The summed E-state index contributed by atoms with van der Waals surface area (Å²) in [4.78, 5) is 0. The predicted octanol–water partition coefficient (Wildman–Crippen LogP) is 27.2. The molecule has 0 bridgehead atoms. The van der Waals surface area contributed by atoms with Gasteiger partial charge in [0.25, 0.3) is 0 Å². The molecule has 98 heavy (non-hydrogen) atoms. The Morgan fingerprint density at radius 2 is 0.469 bits per heavy atom. The Balaban J connectivity index is 0.000000139. The molecule has 0 heteroatoms. The molecule has 0 nitrogen and oxygen atoms in total. The second-order valence-electron chi connectivity index (χ2n) is 28.4. The molecule has 2 aliphatic carbocycles. The van der Waals surface area contributed by atoms with E-state index in [1.54, 1.807) is 0 Å². The van der Waals surface area contributed by atoms with E-state index in [2.05, 4.69) is 367 Å². The Morgan fingerprint density at radius 3 is 1.02 bits per heavy atom. The lowest BCUT2D eigenvalue weighted by molar-refractivity contribution is 0.661. The lowest BCUT2D eigenvalue weighted by atomic mass is 9.81. The van der Waals surface area contributed by atoms with Crippen molar-refractivity contribution in [2.75, 3.05) is 0 Å². The molecular weight excluding hydrogens is 1180 g/mol. The summed E-state index contributed by atoms with van der Waals surface area (Å²) in [7, 11) is 0. The van der Waals surface area contributed by atoms with Crippen LogP contribution in [0.2, 0.25) is 0 Å². The van der Waals surface area contributed by atoms with Gasteiger partial charge in [0.2, 0.25) is 0 Å². The minimum atomic E-state index is -0.0492. The number of fused-ring (bicyclic) bond motifs is 16. The third-order valence-electron chi connectivity index (χ3n) is 22.0. The van der Waals surface area contributed by atoms with E-state index in [1.807, 2.05) is 0 Å². The lowest BCUT2D eigenvalue weighted by Crippen LogP contribution is -2.15. The molecule has 18 aromatic carbocycles. The van der Waals surface area contributed by atoms with Crippen LogP contribution in [-0.4, -0.2) is 0 Å². The van der Waals surface area contributed by atoms with Gasteiger partial charge in [-0.05, 0) is 282 Å². The van der Waals surface area contributed by atoms with Crippen molar-refractivity contribution in [3.63, 3.8) is 0 Å². The van der Waals surface area contributed by atoms with Crippen LogP contribution in [0.1, 0.15) is 49.9 Å². The molecule has 18 aromatic rings. The van der Waals surface area contributed by atoms with Crippen molar-refractivity contribution in [2.24, 2.45) is 0 Å². The fourth-order valence-corrected chi connectivity index (χ4v) is 16.7. The second kappa shape index (κ2) is 22.3. The van der Waals surface area contributed by atoms with Crippen molar-refractivity contribution in [2.45, 2.75) is 38.5 Å². The van der Waals surface area contributed by atoms with Crippen molar-refractivity contribution in [3.05, 3.63) is 362 Å². The fourth-order valence-electron chi connectivity index (χ4n) is 16.7. The fraction of sp³-hybridized carbons (Fsp3) is 0.0612. The molecule has 0 aromatic heterocycles. The monoisotopic (exact) mass is 1240 g/mol. The van der Waals surface area contributed by atoms with Gasteiger partial charge in [0.1, 0.15) is 0 Å². The number of hydrogen-bond acceptors (Lipinski definition) is 0. The molecule has 460 valence electrons. The van der Waals surface area contributed by atoms with Crippen LogP contribution in [0.4, 0.5) is 0 Å². The molecule has 0 amide bonds. The zero-order valence-electron chi connectivity index (χ0n) is 55.3. The van der Waals surface area contributed by atoms with Crippen molar-refractivity contribution >= 4 is 86.2 Å². The Labute approximate surface area is 572 Å². The van der Waals surface area contributed by atoms with E-state index in [1.165, 1.54) is 197 Å². The van der Waals surface area contributed by atoms with E-state index in [9.17, 15) is 0 Å². The van der Waals surface area contributed by atoms with Crippen LogP contribution in [0, 0.1) is 0 Å². The zero-order valence-corrected chi connectivity index (χ0v) is 55.3. The Bertz CT molecular complexity index is 6370. The van der Waals surface area contributed by atoms with Crippen molar-refractivity contribution in [3.8, 4) is 89.0 Å². The molecule has 0 saturated heterocycles. The normalized spacial score (nSPS) is 13.3. The average molecular weight is 1250 g/mol. The van der Waals surface area contributed by atoms with Gasteiger partial charge in [0.15, 0.2) is 0 Å². The summed E-state index contributed by atoms with van der Waals surface area (Å²) in [6.45, 7) is 9.46. The number of rotatable bonds is 6. The van der Waals surface area contributed by atoms with Crippen molar-refractivity contribution in [1.82, 2.24) is 0 Å². The Kier molecular flexibility index (Phi) is 13.1. The summed E-state index contributed by atoms with van der Waals surface area (Å²) >= 11 is 0. The first-order valence-electron chi connectivity index (χ1n) is 34.5. The average Bonchev–Trinajstić information content (AvgIpc) is 1.39. The number of benzene rings is 18. The third kappa shape index (κ3) is 9.50. The standard InChI is InChI=1S/C53H36.C45H32/c1-53(2)50-25-24-41(30-48(50)49-29-36-11-3-4-12-37(36)32-51(49)53)35-14-9-13-34(26-35)38-19-20-40-28-42(22-21-39(40)27-38)47-31-43-23-18-33-10-5-6-15-44(33)52(43)46-17-8-7-16-45(46)47;1-45(2)43-28-40(20-21-41(43)42-26-33-10-5-6-11-34(33)27-44(42)45)32-13-7-12-31(23-32)35-16-17-39-25-38(19-18-37(39)24-35)36-15-14-29-8-3-4-9-30(29)22-36/h3-32H,1-2H3;3-28H,1-2H3. The first kappa shape index (κ1) is 57.5. The van der Waals surface area contributed by atoms with E-state index in [0.29, 0.717) is 0 Å². The SMILES string of the molecule is CC1(C)c2cc(-c3cccc(-c4ccc5cc(-c6ccc7ccccc7c6)ccc5c4)c3)ccc2-c2cc3ccccc3cc21.CC1(C)c2ccc(-c3cccc(-c4ccc5cc(-c6cc7ccc8ccccc8c7c7ccccc67)ccc5c4)c3)cc2-c2cc3ccccc3cc21. The highest BCUT2D eigenvalue weighted by atomic mass is 14.4. The van der Waals surface area contributed by atoms with Crippen LogP contribution >= 0.6 is 0 Å².